The van der Waals surface area contributed by atoms with Crippen molar-refractivity contribution < 1.29 is 19.1 Å². The van der Waals surface area contributed by atoms with Crippen molar-refractivity contribution in [3.8, 4) is 0 Å². The van der Waals surface area contributed by atoms with Crippen LogP contribution in [-0.2, 0) is 9.59 Å². The third-order valence-corrected chi connectivity index (χ3v) is 4.35. The molecule has 0 aromatic heterocycles. The van der Waals surface area contributed by atoms with Crippen LogP contribution < -0.4 is 5.32 Å². The van der Waals surface area contributed by atoms with Crippen LogP contribution in [0.1, 0.15) is 30.7 Å². The molecule has 0 radical (unpaired) electrons. The number of carbonyl (C=O) groups excluding carboxylic acids is 1. The van der Waals surface area contributed by atoms with Crippen LogP contribution in [0.4, 0.5) is 4.39 Å². The molecule has 0 bridgehead atoms. The van der Waals surface area contributed by atoms with Crippen LogP contribution >= 0.6 is 11.6 Å². The van der Waals surface area contributed by atoms with Crippen molar-refractivity contribution in [2.45, 2.75) is 30.7 Å². The first-order valence-electron chi connectivity index (χ1n) is 6.44. The summed E-state index contributed by atoms with van der Waals surface area (Å²) in [5.74, 6) is -2.40. The van der Waals surface area contributed by atoms with Gasteiger partial charge in [0.2, 0.25) is 5.91 Å². The summed E-state index contributed by atoms with van der Waals surface area (Å²) in [7, 11) is 0. The zero-order chi connectivity index (χ0) is 14.5. The maximum atomic E-state index is 13.7. The predicted octanol–water partition coefficient (Wildman–Crippen LogP) is 2.32. The lowest BCUT2D eigenvalue weighted by Gasteiger charge is -2.12. The second-order valence-corrected chi connectivity index (χ2v) is 5.87. The molecular weight excluding hydrogens is 285 g/mol. The number of benzene rings is 1. The van der Waals surface area contributed by atoms with Crippen LogP contribution in [0, 0.1) is 11.7 Å². The van der Waals surface area contributed by atoms with Crippen LogP contribution in [-0.4, -0.2) is 22.5 Å². The Morgan fingerprint density at radius 3 is 2.65 bits per heavy atom. The third kappa shape index (κ3) is 2.16. The van der Waals surface area contributed by atoms with Gasteiger partial charge in [0.05, 0.1) is 0 Å². The average Bonchev–Trinajstić information content (AvgIpc) is 3.22. The van der Waals surface area contributed by atoms with E-state index in [1.165, 1.54) is 12.1 Å². The standard InChI is InChI=1S/C14H13ClFNO3/c15-9-2-1-3-10(16)11(9)7-6-8(7)12(18)17-14(4-5-14)13(19)20/h1-3,7-8H,4-6H2,(H,17,18)(H,19,20)/t7-,8+/m1/s1. The lowest BCUT2D eigenvalue weighted by Crippen LogP contribution is -2.43. The predicted molar refractivity (Wildman–Crippen MR) is 70.0 cm³/mol. The van der Waals surface area contributed by atoms with E-state index in [2.05, 4.69) is 5.32 Å². The number of hydrogen-bond acceptors (Lipinski definition) is 2. The smallest absolute Gasteiger partial charge is 0.329 e. The number of carboxylic acid groups (broad SMARTS) is 1. The first kappa shape index (κ1) is 13.4. The Bertz CT molecular complexity index is 580. The van der Waals surface area contributed by atoms with Crippen LogP contribution in [0.25, 0.3) is 0 Å². The molecule has 2 saturated carbocycles. The minimum atomic E-state index is -1.09. The van der Waals surface area contributed by atoms with Gasteiger partial charge < -0.3 is 10.4 Å². The maximum Gasteiger partial charge on any atom is 0.329 e. The number of halogens is 2. The summed E-state index contributed by atoms with van der Waals surface area (Å²) in [6, 6.07) is 4.42. The zero-order valence-electron chi connectivity index (χ0n) is 10.5. The SMILES string of the molecule is O=C(NC1(C(=O)O)CC1)[C@H]1C[C@H]1c1c(F)cccc1Cl. The Hall–Kier alpha value is -1.62. The van der Waals surface area contributed by atoms with Gasteiger partial charge in [0.1, 0.15) is 11.4 Å². The van der Waals surface area contributed by atoms with E-state index >= 15 is 0 Å². The molecule has 0 aliphatic heterocycles. The molecule has 2 aliphatic rings. The summed E-state index contributed by atoms with van der Waals surface area (Å²) in [5, 5.41) is 11.9. The Morgan fingerprint density at radius 1 is 1.40 bits per heavy atom. The van der Waals surface area contributed by atoms with Gasteiger partial charge in [-0.2, -0.15) is 0 Å². The van der Waals surface area contributed by atoms with Crippen molar-refractivity contribution in [2.24, 2.45) is 5.92 Å². The highest BCUT2D eigenvalue weighted by atomic mass is 35.5. The Balaban J connectivity index is 1.70. The summed E-state index contributed by atoms with van der Waals surface area (Å²) >= 11 is 5.96. The molecule has 1 amide bonds. The van der Waals surface area contributed by atoms with Crippen molar-refractivity contribution in [3.05, 3.63) is 34.6 Å². The van der Waals surface area contributed by atoms with Gasteiger partial charge in [0.15, 0.2) is 0 Å². The van der Waals surface area contributed by atoms with Gasteiger partial charge in [0, 0.05) is 22.4 Å². The molecule has 4 nitrogen and oxygen atoms in total. The maximum absolute atomic E-state index is 13.7. The van der Waals surface area contributed by atoms with Gasteiger partial charge in [-0.05, 0) is 31.4 Å². The number of carbonyl (C=O) groups is 2. The molecular formula is C14H13ClFNO3. The average molecular weight is 298 g/mol. The Labute approximate surface area is 119 Å². The van der Waals surface area contributed by atoms with E-state index in [9.17, 15) is 14.0 Å². The van der Waals surface area contributed by atoms with Crippen molar-refractivity contribution >= 4 is 23.5 Å². The molecule has 0 heterocycles. The molecule has 1 aromatic carbocycles. The normalized spacial score (nSPS) is 25.9. The van der Waals surface area contributed by atoms with E-state index in [1.54, 1.807) is 6.07 Å². The number of nitrogens with one attached hydrogen (secondary N) is 1. The van der Waals surface area contributed by atoms with E-state index in [1.807, 2.05) is 0 Å². The lowest BCUT2D eigenvalue weighted by molar-refractivity contribution is -0.143. The van der Waals surface area contributed by atoms with Gasteiger partial charge >= 0.3 is 5.97 Å². The number of amides is 1. The van der Waals surface area contributed by atoms with Gasteiger partial charge in [-0.25, -0.2) is 9.18 Å². The molecule has 2 atom stereocenters. The molecule has 2 fully saturated rings. The second kappa shape index (κ2) is 4.45. The number of carboxylic acids is 1. The van der Waals surface area contributed by atoms with Gasteiger partial charge in [-0.15, -0.1) is 0 Å². The summed E-state index contributed by atoms with van der Waals surface area (Å²) in [6.45, 7) is 0. The fraction of sp³-hybridized carbons (Fsp3) is 0.429. The first-order chi connectivity index (χ1) is 9.44. The number of aliphatic carboxylic acids is 1. The van der Waals surface area contributed by atoms with Crippen LogP contribution in [0.15, 0.2) is 18.2 Å². The van der Waals surface area contributed by atoms with Crippen molar-refractivity contribution in [1.29, 1.82) is 0 Å². The zero-order valence-corrected chi connectivity index (χ0v) is 11.3. The molecule has 0 unspecified atom stereocenters. The van der Waals surface area contributed by atoms with Gasteiger partial charge in [-0.1, -0.05) is 17.7 Å². The van der Waals surface area contributed by atoms with Gasteiger partial charge in [-0.3, -0.25) is 4.79 Å². The first-order valence-corrected chi connectivity index (χ1v) is 6.82. The highest BCUT2D eigenvalue weighted by molar-refractivity contribution is 6.31. The molecule has 106 valence electrons. The Morgan fingerprint density at radius 2 is 2.10 bits per heavy atom. The highest BCUT2D eigenvalue weighted by Gasteiger charge is 2.55. The summed E-state index contributed by atoms with van der Waals surface area (Å²) < 4.78 is 13.7. The highest BCUT2D eigenvalue weighted by Crippen LogP contribution is 2.51. The topological polar surface area (TPSA) is 66.4 Å². The van der Waals surface area contributed by atoms with E-state index in [4.69, 9.17) is 16.7 Å². The molecule has 2 aliphatic carbocycles. The molecule has 6 heteroatoms. The number of rotatable bonds is 4. The van der Waals surface area contributed by atoms with Crippen LogP contribution in [0.2, 0.25) is 5.02 Å². The summed E-state index contributed by atoms with van der Waals surface area (Å²) in [4.78, 5) is 23.1. The van der Waals surface area contributed by atoms with Crippen molar-refractivity contribution in [2.75, 3.05) is 0 Å². The monoisotopic (exact) mass is 297 g/mol. The van der Waals surface area contributed by atoms with E-state index in [-0.39, 0.29) is 17.7 Å². The second-order valence-electron chi connectivity index (χ2n) is 5.46. The van der Waals surface area contributed by atoms with E-state index < -0.39 is 17.3 Å². The largest absolute Gasteiger partial charge is 0.480 e. The van der Waals surface area contributed by atoms with Gasteiger partial charge in [0.25, 0.3) is 0 Å². The molecule has 3 rings (SSSR count). The fourth-order valence-corrected chi connectivity index (χ4v) is 2.82. The third-order valence-electron chi connectivity index (χ3n) is 4.02. The van der Waals surface area contributed by atoms with Crippen LogP contribution in [0.3, 0.4) is 0 Å². The molecule has 20 heavy (non-hydrogen) atoms. The Kier molecular flexibility index (Phi) is 2.97. The van der Waals surface area contributed by atoms with Crippen molar-refractivity contribution in [3.63, 3.8) is 0 Å². The van der Waals surface area contributed by atoms with Crippen LogP contribution in [0.5, 0.6) is 0 Å². The molecule has 0 saturated heterocycles. The summed E-state index contributed by atoms with van der Waals surface area (Å²) in [5.41, 5.74) is -0.738. The molecule has 0 spiro atoms. The number of hydrogen-bond donors (Lipinski definition) is 2. The quantitative estimate of drug-likeness (QED) is 0.896. The van der Waals surface area contributed by atoms with E-state index in [0.29, 0.717) is 29.8 Å². The van der Waals surface area contributed by atoms with Crippen molar-refractivity contribution in [1.82, 2.24) is 5.32 Å². The fourth-order valence-electron chi connectivity index (χ4n) is 2.51. The minimum Gasteiger partial charge on any atom is -0.480 e. The molecule has 2 N–H and O–H groups in total. The minimum absolute atomic E-state index is 0.256. The summed E-state index contributed by atoms with van der Waals surface area (Å²) in [6.07, 6.45) is 1.40. The molecule has 1 aromatic rings. The lowest BCUT2D eigenvalue weighted by atomic mass is 10.1. The van der Waals surface area contributed by atoms with E-state index in [0.717, 1.165) is 0 Å².